The zero-order valence-electron chi connectivity index (χ0n) is 36.9. The Bertz CT molecular complexity index is 2270. The van der Waals surface area contributed by atoms with Crippen molar-refractivity contribution in [2.24, 2.45) is 16.7 Å². The number of alkyl carbamates (subject to hydrolysis) is 1. The lowest BCUT2D eigenvalue weighted by Crippen LogP contribution is -2.83. The number of carbonyl (C=O) groups excluding carboxylic acids is 7. The van der Waals surface area contributed by atoms with Gasteiger partial charge in [-0.1, -0.05) is 62.4 Å². The highest BCUT2D eigenvalue weighted by Gasteiger charge is 2.83. The number of aliphatic hydroxyl groups is 2. The molecule has 3 unspecified atom stereocenters. The summed E-state index contributed by atoms with van der Waals surface area (Å²) in [5, 5.41) is 26.5. The number of fused-ring (bicyclic) bond motifs is 4. The summed E-state index contributed by atoms with van der Waals surface area (Å²) in [5.74, 6) is -6.68. The standard InChI is InChI=1S/C46H53NO17/c1-22-29-33(58-23(2)48)35(52)44(9)27(50)20-28-45(21-57-28,62-24(3)49)34(44)37(60-38(53)26-18-14-11-15-19-26)46(43(29,7)8)36(61-41(56)64-46)32(22)59-39(54)31(51)30(25-16-12-10-13-17-25)47-40(55)63-42(4,5)6/h10-19,27-28,30-34,36-37,50-51H,20-21H2,1-9H3,(H,47,55)/t27-,28+,30-,31+,32+,33+,34?,36?,37-,44+,45-,46?/m0/s1. The van der Waals surface area contributed by atoms with Crippen LogP contribution in [0.4, 0.5) is 9.59 Å². The van der Waals surface area contributed by atoms with Gasteiger partial charge < -0.3 is 53.4 Å². The van der Waals surface area contributed by atoms with Crippen LogP contribution in [0, 0.1) is 16.7 Å². The van der Waals surface area contributed by atoms with Crippen LogP contribution in [0.5, 0.6) is 0 Å². The number of hydrogen-bond donors (Lipinski definition) is 3. The molecule has 2 saturated carbocycles. The van der Waals surface area contributed by atoms with Gasteiger partial charge in [0.05, 0.1) is 35.6 Å². The first kappa shape index (κ1) is 46.2. The van der Waals surface area contributed by atoms with E-state index in [2.05, 4.69) is 5.32 Å². The molecule has 2 bridgehead atoms. The van der Waals surface area contributed by atoms with Gasteiger partial charge in [0.1, 0.15) is 11.7 Å². The molecule has 7 rings (SSSR count). The smallest absolute Gasteiger partial charge is 0.454 e. The molecule has 18 nitrogen and oxygen atoms in total. The van der Waals surface area contributed by atoms with E-state index in [4.69, 9.17) is 37.9 Å². The number of benzene rings is 2. The van der Waals surface area contributed by atoms with Gasteiger partial charge in [0.25, 0.3) is 0 Å². The lowest BCUT2D eigenvalue weighted by atomic mass is 9.44. The fourth-order valence-corrected chi connectivity index (χ4v) is 10.5. The molecule has 3 N–H and O–H groups in total. The van der Waals surface area contributed by atoms with Gasteiger partial charge in [-0.25, -0.2) is 19.2 Å². The van der Waals surface area contributed by atoms with E-state index in [9.17, 15) is 39.0 Å². The number of amides is 1. The lowest BCUT2D eigenvalue weighted by molar-refractivity contribution is -0.345. The minimum Gasteiger partial charge on any atom is -0.454 e. The summed E-state index contributed by atoms with van der Waals surface area (Å²) < 4.78 is 48.3. The Kier molecular flexibility index (Phi) is 11.8. The Hall–Kier alpha value is -5.85. The zero-order valence-corrected chi connectivity index (χ0v) is 36.9. The summed E-state index contributed by atoms with van der Waals surface area (Å²) >= 11 is 0. The summed E-state index contributed by atoms with van der Waals surface area (Å²) in [6, 6.07) is 14.2. The van der Waals surface area contributed by atoms with E-state index >= 15 is 4.79 Å². The second-order valence-corrected chi connectivity index (χ2v) is 18.6. The summed E-state index contributed by atoms with van der Waals surface area (Å²) in [7, 11) is 0. The molecule has 4 fully saturated rings. The van der Waals surface area contributed by atoms with Crippen molar-refractivity contribution in [1.29, 1.82) is 0 Å². The largest absolute Gasteiger partial charge is 0.509 e. The zero-order chi connectivity index (χ0) is 46.9. The van der Waals surface area contributed by atoms with Crippen molar-refractivity contribution in [2.75, 3.05) is 6.61 Å². The van der Waals surface area contributed by atoms with Crippen molar-refractivity contribution < 1.29 is 81.7 Å². The van der Waals surface area contributed by atoms with E-state index in [-0.39, 0.29) is 35.3 Å². The van der Waals surface area contributed by atoms with Gasteiger partial charge in [-0.05, 0) is 63.5 Å². The predicted molar refractivity (Wildman–Crippen MR) is 218 cm³/mol. The number of hydrogen-bond acceptors (Lipinski definition) is 17. The van der Waals surface area contributed by atoms with Gasteiger partial charge in [-0.3, -0.25) is 14.4 Å². The topological polar surface area (TPSA) is 246 Å². The Morgan fingerprint density at radius 3 is 2.08 bits per heavy atom. The van der Waals surface area contributed by atoms with Crippen LogP contribution in [0.2, 0.25) is 0 Å². The monoisotopic (exact) mass is 891 g/mol. The number of rotatable bonds is 9. The molecule has 344 valence electrons. The average molecular weight is 892 g/mol. The molecule has 1 amide bonds. The third-order valence-corrected chi connectivity index (χ3v) is 13.3. The summed E-state index contributed by atoms with van der Waals surface area (Å²) in [5.41, 5.74) is -8.89. The molecule has 2 aliphatic heterocycles. The Labute approximate surface area is 368 Å². The molecule has 1 spiro atoms. The molecule has 0 aromatic heterocycles. The van der Waals surface area contributed by atoms with E-state index in [1.165, 1.54) is 39.8 Å². The fraction of sp³-hybridized carbons (Fsp3) is 0.543. The minimum absolute atomic E-state index is 0.0143. The molecular weight excluding hydrogens is 838 g/mol. The van der Waals surface area contributed by atoms with Crippen molar-refractivity contribution >= 4 is 41.9 Å². The summed E-state index contributed by atoms with van der Waals surface area (Å²) in [4.78, 5) is 97.9. The fourth-order valence-electron chi connectivity index (χ4n) is 10.5. The molecule has 64 heavy (non-hydrogen) atoms. The molecule has 2 heterocycles. The highest BCUT2D eigenvalue weighted by atomic mass is 16.8. The van der Waals surface area contributed by atoms with Crippen LogP contribution in [0.3, 0.4) is 0 Å². The van der Waals surface area contributed by atoms with Crippen LogP contribution in [-0.2, 0) is 57.1 Å². The molecule has 2 aromatic rings. The number of nitrogens with one attached hydrogen (secondary N) is 1. The highest BCUT2D eigenvalue weighted by Crippen LogP contribution is 2.67. The highest BCUT2D eigenvalue weighted by molar-refractivity contribution is 5.96. The third-order valence-electron chi connectivity index (χ3n) is 13.3. The molecule has 2 saturated heterocycles. The molecule has 18 heteroatoms. The first-order valence-electron chi connectivity index (χ1n) is 20.9. The van der Waals surface area contributed by atoms with Crippen molar-refractivity contribution in [1.82, 2.24) is 5.32 Å². The first-order chi connectivity index (χ1) is 29.9. The molecule has 3 aliphatic carbocycles. The van der Waals surface area contributed by atoms with E-state index in [1.54, 1.807) is 69.3 Å². The summed E-state index contributed by atoms with van der Waals surface area (Å²) in [6.07, 6.45) is -14.9. The van der Waals surface area contributed by atoms with Gasteiger partial charge in [0.15, 0.2) is 41.9 Å². The van der Waals surface area contributed by atoms with E-state index in [0.29, 0.717) is 0 Å². The van der Waals surface area contributed by atoms with Crippen molar-refractivity contribution in [3.63, 3.8) is 0 Å². The van der Waals surface area contributed by atoms with Crippen LogP contribution in [-0.4, -0.2) is 118 Å². The minimum atomic E-state index is -2.39. The maximum absolute atomic E-state index is 15.6. The number of esters is 4. The Balaban J connectivity index is 1.46. The van der Waals surface area contributed by atoms with Crippen molar-refractivity contribution in [3.05, 3.63) is 82.9 Å². The maximum atomic E-state index is 15.6. The number of carbonyl (C=O) groups is 7. The van der Waals surface area contributed by atoms with Gasteiger partial charge in [-0.2, -0.15) is 0 Å². The molecule has 5 aliphatic rings. The first-order valence-corrected chi connectivity index (χ1v) is 20.9. The molecule has 2 aromatic carbocycles. The van der Waals surface area contributed by atoms with Gasteiger partial charge in [0.2, 0.25) is 5.60 Å². The maximum Gasteiger partial charge on any atom is 0.509 e. The number of ether oxygens (including phenoxy) is 8. The van der Waals surface area contributed by atoms with Gasteiger partial charge >= 0.3 is 36.1 Å². The second kappa shape index (κ2) is 16.3. The SMILES string of the molecule is CC(=O)O[C@H]1C(=O)[C@@]2(C)C([C@H](OC(=O)c3ccccc3)C34OC(=O)OC3[C@H](OC(=O)[C@H](O)[C@@H](NC(=O)OC(C)(C)C)c3ccccc3)C(C)=C1C4(C)C)[C@]1(OC(C)=O)CO[C@@H]1C[C@@H]2O. The van der Waals surface area contributed by atoms with E-state index in [0.717, 1.165) is 13.8 Å². The van der Waals surface area contributed by atoms with Crippen molar-refractivity contribution in [3.8, 4) is 0 Å². The van der Waals surface area contributed by atoms with Crippen molar-refractivity contribution in [2.45, 2.75) is 134 Å². The van der Waals surface area contributed by atoms with E-state index < -0.39 is 124 Å². The average Bonchev–Trinajstić information content (AvgIpc) is 3.58. The second-order valence-electron chi connectivity index (χ2n) is 18.6. The van der Waals surface area contributed by atoms with Crippen LogP contribution < -0.4 is 5.32 Å². The van der Waals surface area contributed by atoms with Crippen LogP contribution in [0.25, 0.3) is 0 Å². The lowest BCUT2D eigenvalue weighted by Gasteiger charge is -2.67. The van der Waals surface area contributed by atoms with Gasteiger partial charge in [-0.15, -0.1) is 0 Å². The number of Topliss-reactive ketones (excluding diaryl/α,β-unsaturated/α-hetero) is 1. The summed E-state index contributed by atoms with van der Waals surface area (Å²) in [6.45, 7) is 12.6. The van der Waals surface area contributed by atoms with Gasteiger partial charge in [0, 0.05) is 25.7 Å². The Morgan fingerprint density at radius 2 is 1.52 bits per heavy atom. The molecular formula is C46H53NO17. The third kappa shape index (κ3) is 7.38. The molecule has 12 atom stereocenters. The van der Waals surface area contributed by atoms with E-state index in [1.807, 2.05) is 0 Å². The van der Waals surface area contributed by atoms with Crippen LogP contribution >= 0.6 is 0 Å². The van der Waals surface area contributed by atoms with Crippen LogP contribution in [0.15, 0.2) is 71.8 Å². The molecule has 0 radical (unpaired) electrons. The number of ketones is 1. The van der Waals surface area contributed by atoms with Crippen LogP contribution in [0.1, 0.15) is 90.7 Å². The predicted octanol–water partition coefficient (Wildman–Crippen LogP) is 3.98. The normalized spacial score (nSPS) is 33.3. The number of aliphatic hydroxyl groups excluding tert-OH is 2. The Morgan fingerprint density at radius 1 is 0.891 bits per heavy atom. The quantitative estimate of drug-likeness (QED) is 0.183.